The Bertz CT molecular complexity index is 763. The van der Waals surface area contributed by atoms with Gasteiger partial charge in [-0.15, -0.1) is 0 Å². The summed E-state index contributed by atoms with van der Waals surface area (Å²) in [6.07, 6.45) is -2.87. The van der Waals surface area contributed by atoms with E-state index in [0.717, 1.165) is 44.6 Å². The zero-order valence-electron chi connectivity index (χ0n) is 17.7. The monoisotopic (exact) mass is 458 g/mol. The number of amides is 1. The van der Waals surface area contributed by atoms with Crippen molar-refractivity contribution in [2.24, 2.45) is 0 Å². The summed E-state index contributed by atoms with van der Waals surface area (Å²) >= 11 is 5.63. The topological polar surface area (TPSA) is 48.1 Å². The quantitative estimate of drug-likeness (QED) is 0.685. The first-order chi connectivity index (χ1) is 14.7. The molecule has 0 aromatic heterocycles. The molecule has 1 amide bonds. The maximum absolute atomic E-state index is 13.1. The van der Waals surface area contributed by atoms with Crippen molar-refractivity contribution in [1.29, 1.82) is 0 Å². The third kappa shape index (κ3) is 6.78. The largest absolute Gasteiger partial charge is 0.416 e. The van der Waals surface area contributed by atoms with Gasteiger partial charge in [0.2, 0.25) is 5.91 Å². The Morgan fingerprint density at radius 3 is 2.52 bits per heavy atom. The summed E-state index contributed by atoms with van der Waals surface area (Å²) in [4.78, 5) is 17.9. The van der Waals surface area contributed by atoms with Gasteiger partial charge >= 0.3 is 6.18 Å². The highest BCUT2D eigenvalue weighted by atomic mass is 32.1. The summed E-state index contributed by atoms with van der Waals surface area (Å²) in [5.41, 5.74) is -0.396. The number of piperidine rings is 1. The second-order valence-corrected chi connectivity index (χ2v) is 8.28. The van der Waals surface area contributed by atoms with Crippen molar-refractivity contribution >= 4 is 28.9 Å². The molecule has 0 aliphatic carbocycles. The van der Waals surface area contributed by atoms with Crippen LogP contribution in [0.1, 0.15) is 25.3 Å². The normalized spacial score (nSPS) is 18.6. The Balaban J connectivity index is 1.68. The lowest BCUT2D eigenvalue weighted by molar-refractivity contribution is -0.137. The van der Waals surface area contributed by atoms with Crippen LogP contribution in [0.15, 0.2) is 24.3 Å². The molecule has 2 saturated heterocycles. The van der Waals surface area contributed by atoms with Gasteiger partial charge in [-0.3, -0.25) is 9.69 Å². The molecule has 0 unspecified atom stereocenters. The van der Waals surface area contributed by atoms with E-state index in [4.69, 9.17) is 17.0 Å². The molecular formula is C21H29F3N4O2S. The molecule has 10 heteroatoms. The number of halogens is 3. The van der Waals surface area contributed by atoms with E-state index in [1.54, 1.807) is 13.0 Å². The van der Waals surface area contributed by atoms with Gasteiger partial charge in [-0.1, -0.05) is 6.07 Å². The molecule has 0 spiro atoms. The van der Waals surface area contributed by atoms with Crippen LogP contribution < -0.4 is 5.32 Å². The number of ether oxygens (including phenoxy) is 1. The van der Waals surface area contributed by atoms with Gasteiger partial charge in [-0.05, 0) is 43.3 Å². The standard InChI is InChI=1S/C21H29F3N4O2S/c1-16(29)27-7-5-19(6-8-27)28(10-9-26-11-13-30-14-12-26)20(31)25-18-4-2-3-17(15-18)21(22,23)24/h2-4,15,19H,5-14H2,1H3,(H,25,31). The Kier molecular flexibility index (Phi) is 8.12. The molecule has 0 radical (unpaired) electrons. The fourth-order valence-corrected chi connectivity index (χ4v) is 4.34. The number of thiocarbonyl (C=S) groups is 1. The van der Waals surface area contributed by atoms with E-state index < -0.39 is 11.7 Å². The molecule has 2 aliphatic heterocycles. The van der Waals surface area contributed by atoms with Crippen molar-refractivity contribution in [2.45, 2.75) is 32.0 Å². The Hall–Kier alpha value is -1.91. The number of rotatable bonds is 5. The van der Waals surface area contributed by atoms with Gasteiger partial charge in [0.25, 0.3) is 0 Å². The van der Waals surface area contributed by atoms with Gasteiger partial charge in [0.15, 0.2) is 5.11 Å². The molecule has 0 bridgehead atoms. The van der Waals surface area contributed by atoms with Gasteiger partial charge < -0.3 is 19.9 Å². The summed E-state index contributed by atoms with van der Waals surface area (Å²) < 4.78 is 44.6. The molecule has 2 fully saturated rings. The Labute approximate surface area is 186 Å². The minimum atomic E-state index is -4.41. The zero-order chi connectivity index (χ0) is 22.4. The van der Waals surface area contributed by atoms with E-state index in [-0.39, 0.29) is 11.9 Å². The molecule has 172 valence electrons. The highest BCUT2D eigenvalue weighted by Crippen LogP contribution is 2.31. The van der Waals surface area contributed by atoms with E-state index in [9.17, 15) is 18.0 Å². The van der Waals surface area contributed by atoms with Gasteiger partial charge in [-0.25, -0.2) is 0 Å². The van der Waals surface area contributed by atoms with Crippen LogP contribution in [-0.2, 0) is 15.7 Å². The van der Waals surface area contributed by atoms with Crippen LogP contribution in [0.4, 0.5) is 18.9 Å². The molecule has 1 aromatic carbocycles. The fourth-order valence-electron chi connectivity index (χ4n) is 3.98. The van der Waals surface area contributed by atoms with Crippen molar-refractivity contribution in [3.8, 4) is 0 Å². The lowest BCUT2D eigenvalue weighted by Gasteiger charge is -2.40. The van der Waals surface area contributed by atoms with Crippen LogP contribution in [-0.4, -0.2) is 84.2 Å². The number of anilines is 1. The predicted octanol–water partition coefficient (Wildman–Crippen LogP) is 3.05. The first-order valence-electron chi connectivity index (χ1n) is 10.5. The van der Waals surface area contributed by atoms with Crippen LogP contribution in [0.3, 0.4) is 0 Å². The summed E-state index contributed by atoms with van der Waals surface area (Å²) in [5, 5.41) is 3.42. The highest BCUT2D eigenvalue weighted by molar-refractivity contribution is 7.80. The van der Waals surface area contributed by atoms with Crippen LogP contribution in [0.25, 0.3) is 0 Å². The predicted molar refractivity (Wildman–Crippen MR) is 117 cm³/mol. The zero-order valence-corrected chi connectivity index (χ0v) is 18.5. The molecule has 0 saturated carbocycles. The minimum absolute atomic E-state index is 0.0583. The van der Waals surface area contributed by atoms with E-state index in [0.29, 0.717) is 43.6 Å². The second kappa shape index (κ2) is 10.6. The van der Waals surface area contributed by atoms with Gasteiger partial charge in [0.1, 0.15) is 0 Å². The van der Waals surface area contributed by atoms with E-state index in [2.05, 4.69) is 15.1 Å². The number of hydrogen-bond acceptors (Lipinski definition) is 4. The van der Waals surface area contributed by atoms with Crippen molar-refractivity contribution in [3.05, 3.63) is 29.8 Å². The van der Waals surface area contributed by atoms with Gasteiger partial charge in [0, 0.05) is 57.9 Å². The lowest BCUT2D eigenvalue weighted by atomic mass is 10.0. The molecule has 6 nitrogen and oxygen atoms in total. The number of carbonyl (C=O) groups excluding carboxylic acids is 1. The fraction of sp³-hybridized carbons (Fsp3) is 0.619. The van der Waals surface area contributed by atoms with E-state index in [1.807, 2.05) is 4.90 Å². The number of hydrogen-bond donors (Lipinski definition) is 1. The molecule has 0 atom stereocenters. The van der Waals surface area contributed by atoms with E-state index in [1.165, 1.54) is 6.07 Å². The molecule has 3 rings (SSSR count). The molecule has 2 aliphatic rings. The molecule has 1 N–H and O–H groups in total. The van der Waals surface area contributed by atoms with Gasteiger partial charge in [-0.2, -0.15) is 13.2 Å². The van der Waals surface area contributed by atoms with Crippen molar-refractivity contribution in [3.63, 3.8) is 0 Å². The Morgan fingerprint density at radius 1 is 1.23 bits per heavy atom. The van der Waals surface area contributed by atoms with Crippen molar-refractivity contribution < 1.29 is 22.7 Å². The number of nitrogens with one attached hydrogen (secondary N) is 1. The average Bonchev–Trinajstić information content (AvgIpc) is 2.74. The lowest BCUT2D eigenvalue weighted by Crippen LogP contribution is -2.52. The van der Waals surface area contributed by atoms with Crippen molar-refractivity contribution in [1.82, 2.24) is 14.7 Å². The summed E-state index contributed by atoms with van der Waals surface area (Å²) in [5.74, 6) is 0.0583. The maximum atomic E-state index is 13.1. The average molecular weight is 459 g/mol. The first kappa shape index (κ1) is 23.7. The molecule has 31 heavy (non-hydrogen) atoms. The van der Waals surface area contributed by atoms with E-state index >= 15 is 0 Å². The van der Waals surface area contributed by atoms with Gasteiger partial charge in [0.05, 0.1) is 18.8 Å². The Morgan fingerprint density at radius 2 is 1.90 bits per heavy atom. The van der Waals surface area contributed by atoms with Crippen molar-refractivity contribution in [2.75, 3.05) is 57.8 Å². The summed E-state index contributed by atoms with van der Waals surface area (Å²) in [6, 6.07) is 5.20. The molecule has 1 aromatic rings. The summed E-state index contributed by atoms with van der Waals surface area (Å²) in [7, 11) is 0. The third-order valence-electron chi connectivity index (χ3n) is 5.81. The molecular weight excluding hydrogens is 429 g/mol. The number of carbonyl (C=O) groups is 1. The number of morpholine rings is 1. The maximum Gasteiger partial charge on any atom is 0.416 e. The smallest absolute Gasteiger partial charge is 0.379 e. The minimum Gasteiger partial charge on any atom is -0.379 e. The number of alkyl halides is 3. The summed E-state index contributed by atoms with van der Waals surface area (Å²) in [6.45, 7) is 7.43. The number of benzene rings is 1. The molecule has 2 heterocycles. The number of likely N-dealkylation sites (tertiary alicyclic amines) is 1. The second-order valence-electron chi connectivity index (χ2n) is 7.89. The van der Waals surface area contributed by atoms with Crippen LogP contribution in [0.2, 0.25) is 0 Å². The van der Waals surface area contributed by atoms with Crippen LogP contribution >= 0.6 is 12.2 Å². The van der Waals surface area contributed by atoms with Crippen LogP contribution in [0.5, 0.6) is 0 Å². The first-order valence-corrected chi connectivity index (χ1v) is 11.0. The third-order valence-corrected chi connectivity index (χ3v) is 6.15. The number of nitrogens with zero attached hydrogens (tertiary/aromatic N) is 3. The SMILES string of the molecule is CC(=O)N1CCC(N(CCN2CCOCC2)C(=S)Nc2cccc(C(F)(F)F)c2)CC1. The highest BCUT2D eigenvalue weighted by Gasteiger charge is 2.31. The van der Waals surface area contributed by atoms with Crippen LogP contribution in [0, 0.1) is 0 Å².